The zero-order chi connectivity index (χ0) is 23.5. The Morgan fingerprint density at radius 3 is 2.48 bits per heavy atom. The third-order valence-electron chi connectivity index (χ3n) is 7.31. The summed E-state index contributed by atoms with van der Waals surface area (Å²) in [5.41, 5.74) is 6.65. The second-order valence-electron chi connectivity index (χ2n) is 9.65. The molecule has 2 saturated heterocycles. The van der Waals surface area contributed by atoms with Crippen LogP contribution in [0.15, 0.2) is 18.3 Å². The van der Waals surface area contributed by atoms with Crippen LogP contribution < -0.4 is 10.5 Å². The minimum absolute atomic E-state index is 0.0340. The number of pyridine rings is 1. The maximum atomic E-state index is 13.5. The summed E-state index contributed by atoms with van der Waals surface area (Å²) in [6, 6.07) is 3.67. The van der Waals surface area contributed by atoms with Gasteiger partial charge in [-0.3, -0.25) is 0 Å². The van der Waals surface area contributed by atoms with Crippen LogP contribution >= 0.6 is 0 Å². The van der Waals surface area contributed by atoms with Crippen LogP contribution in [0.25, 0.3) is 0 Å². The molecule has 33 heavy (non-hydrogen) atoms. The van der Waals surface area contributed by atoms with Gasteiger partial charge in [-0.05, 0) is 29.9 Å². The van der Waals surface area contributed by atoms with Gasteiger partial charge in [-0.2, -0.15) is 17.0 Å². The Kier molecular flexibility index (Phi) is 7.95. The summed E-state index contributed by atoms with van der Waals surface area (Å²) in [6.07, 6.45) is 8.56. The summed E-state index contributed by atoms with van der Waals surface area (Å²) < 4.78 is 59.5. The highest BCUT2D eigenvalue weighted by atomic mass is 32.2. The normalized spacial score (nSPS) is 27.9. The molecule has 3 fully saturated rings. The number of hydrogen-bond donors (Lipinski definition) is 1. The summed E-state index contributed by atoms with van der Waals surface area (Å²) in [5, 5.41) is 0. The smallest absolute Gasteiger partial charge is 0.282 e. The molecule has 2 atom stereocenters. The van der Waals surface area contributed by atoms with Gasteiger partial charge in [-0.1, -0.05) is 32.1 Å². The first-order valence-electron chi connectivity index (χ1n) is 12.0. The van der Waals surface area contributed by atoms with Gasteiger partial charge in [-0.25, -0.2) is 13.4 Å². The van der Waals surface area contributed by atoms with E-state index in [0.29, 0.717) is 44.0 Å². The van der Waals surface area contributed by atoms with Crippen molar-refractivity contribution in [1.82, 2.24) is 13.6 Å². The highest BCUT2D eigenvalue weighted by Crippen LogP contribution is 2.37. The molecule has 4 rings (SSSR count). The van der Waals surface area contributed by atoms with Gasteiger partial charge < -0.3 is 10.5 Å². The fraction of sp³-hybridized carbons (Fsp3) is 0.773. The van der Waals surface area contributed by atoms with Crippen molar-refractivity contribution in [1.29, 1.82) is 0 Å². The topological polar surface area (TPSA) is 123 Å². The van der Waals surface area contributed by atoms with E-state index in [-0.39, 0.29) is 30.5 Å². The number of aromatic nitrogens is 1. The van der Waals surface area contributed by atoms with Crippen LogP contribution in [0, 0.1) is 17.8 Å². The summed E-state index contributed by atoms with van der Waals surface area (Å²) in [6.45, 7) is 1.76. The van der Waals surface area contributed by atoms with Crippen molar-refractivity contribution in [3.63, 3.8) is 0 Å². The van der Waals surface area contributed by atoms with Gasteiger partial charge in [0.25, 0.3) is 10.2 Å². The summed E-state index contributed by atoms with van der Waals surface area (Å²) in [5.74, 6) is 1.16. The first-order chi connectivity index (χ1) is 15.8. The summed E-state index contributed by atoms with van der Waals surface area (Å²) in [4.78, 5) is 4.26. The molecule has 1 aliphatic carbocycles. The monoisotopic (exact) mass is 500 g/mol. The minimum atomic E-state index is -3.72. The fourth-order valence-electron chi connectivity index (χ4n) is 5.41. The zero-order valence-electron chi connectivity index (χ0n) is 19.1. The van der Waals surface area contributed by atoms with Crippen LogP contribution in [0.3, 0.4) is 0 Å². The number of nitrogens with zero attached hydrogens (tertiary/aromatic N) is 3. The van der Waals surface area contributed by atoms with Gasteiger partial charge in [0.15, 0.2) is 9.84 Å². The van der Waals surface area contributed by atoms with Crippen molar-refractivity contribution in [3.05, 3.63) is 23.9 Å². The quantitative estimate of drug-likeness (QED) is 0.600. The van der Waals surface area contributed by atoms with Crippen LogP contribution in [-0.4, -0.2) is 74.7 Å². The van der Waals surface area contributed by atoms with E-state index in [1.807, 2.05) is 12.1 Å². The highest BCUT2D eigenvalue weighted by molar-refractivity contribution is 7.91. The molecular weight excluding hydrogens is 464 g/mol. The van der Waals surface area contributed by atoms with Crippen LogP contribution in [0.5, 0.6) is 5.88 Å². The Morgan fingerprint density at radius 1 is 1.06 bits per heavy atom. The van der Waals surface area contributed by atoms with Gasteiger partial charge >= 0.3 is 0 Å². The Bertz CT molecular complexity index is 997. The van der Waals surface area contributed by atoms with Crippen molar-refractivity contribution in [2.75, 3.05) is 44.3 Å². The maximum absolute atomic E-state index is 13.5. The molecular formula is C22H36N4O5S2. The Balaban J connectivity index is 1.48. The van der Waals surface area contributed by atoms with Crippen molar-refractivity contribution < 1.29 is 21.6 Å². The first kappa shape index (κ1) is 24.8. The second-order valence-corrected chi connectivity index (χ2v) is 13.9. The van der Waals surface area contributed by atoms with E-state index < -0.39 is 20.0 Å². The van der Waals surface area contributed by atoms with Gasteiger partial charge in [0.1, 0.15) is 0 Å². The molecule has 1 aromatic heterocycles. The van der Waals surface area contributed by atoms with Crippen molar-refractivity contribution in [2.24, 2.45) is 23.5 Å². The molecule has 2 N–H and O–H groups in total. The van der Waals surface area contributed by atoms with Gasteiger partial charge in [0, 0.05) is 50.9 Å². The van der Waals surface area contributed by atoms with Gasteiger partial charge in [0.2, 0.25) is 5.88 Å². The fourth-order valence-corrected chi connectivity index (χ4v) is 8.59. The molecule has 186 valence electrons. The number of nitrogens with two attached hydrogens (primary N) is 1. The van der Waals surface area contributed by atoms with E-state index in [1.54, 1.807) is 10.5 Å². The average Bonchev–Trinajstić information content (AvgIpc) is 2.83. The summed E-state index contributed by atoms with van der Waals surface area (Å²) in [7, 11) is -6.87. The zero-order valence-corrected chi connectivity index (χ0v) is 20.8. The van der Waals surface area contributed by atoms with Crippen LogP contribution in [0.1, 0.15) is 44.1 Å². The Labute approximate surface area is 197 Å². The lowest BCUT2D eigenvalue weighted by atomic mass is 9.75. The van der Waals surface area contributed by atoms with E-state index in [1.165, 1.54) is 23.6 Å². The van der Waals surface area contributed by atoms with E-state index in [4.69, 9.17) is 10.5 Å². The van der Waals surface area contributed by atoms with Crippen molar-refractivity contribution in [2.45, 2.75) is 45.1 Å². The Hall–Kier alpha value is -1.27. The molecule has 2 aliphatic heterocycles. The predicted octanol–water partition coefficient (Wildman–Crippen LogP) is 1.41. The number of ether oxygens (including phenoxy) is 1. The third kappa shape index (κ3) is 6.25. The molecule has 3 heterocycles. The highest BCUT2D eigenvalue weighted by Gasteiger charge is 2.41. The standard InChI is InChI=1S/C22H36N4O5S2/c23-14-18-6-7-24-22(13-18)31-17-19-12-21(20-4-2-1-3-5-20)16-26(15-19)33(29,30)25-8-10-32(27,28)11-9-25/h6-7,13,19-21H,1-5,8-12,14-17,23H2. The molecule has 1 saturated carbocycles. The molecule has 0 bridgehead atoms. The molecule has 9 nitrogen and oxygen atoms in total. The minimum Gasteiger partial charge on any atom is -0.477 e. The molecule has 0 radical (unpaired) electrons. The van der Waals surface area contributed by atoms with Crippen LogP contribution in [0.2, 0.25) is 0 Å². The Morgan fingerprint density at radius 2 is 1.79 bits per heavy atom. The lowest BCUT2D eigenvalue weighted by Crippen LogP contribution is -2.55. The van der Waals surface area contributed by atoms with Crippen molar-refractivity contribution in [3.8, 4) is 5.88 Å². The van der Waals surface area contributed by atoms with Gasteiger partial charge in [0.05, 0.1) is 18.1 Å². The van der Waals surface area contributed by atoms with E-state index in [9.17, 15) is 16.8 Å². The second kappa shape index (κ2) is 10.6. The van der Waals surface area contributed by atoms with Crippen molar-refractivity contribution >= 4 is 20.0 Å². The van der Waals surface area contributed by atoms with E-state index >= 15 is 0 Å². The largest absolute Gasteiger partial charge is 0.477 e. The van der Waals surface area contributed by atoms with E-state index in [0.717, 1.165) is 24.8 Å². The average molecular weight is 501 g/mol. The van der Waals surface area contributed by atoms with Gasteiger partial charge in [-0.15, -0.1) is 0 Å². The number of hydrogen-bond acceptors (Lipinski definition) is 7. The molecule has 0 aromatic carbocycles. The number of piperidine rings is 1. The molecule has 0 amide bonds. The molecule has 3 aliphatic rings. The molecule has 0 spiro atoms. The number of rotatable bonds is 7. The molecule has 2 unspecified atom stereocenters. The SMILES string of the molecule is NCc1ccnc(OCC2CC(C3CCCCC3)CN(S(=O)(=O)N3CCS(=O)(=O)CC3)C2)c1. The van der Waals surface area contributed by atoms with Crippen LogP contribution in [-0.2, 0) is 26.6 Å². The third-order valence-corrected chi connectivity index (χ3v) is 10.9. The number of sulfone groups is 1. The molecule has 1 aromatic rings. The van der Waals surface area contributed by atoms with E-state index in [2.05, 4.69) is 4.98 Å². The van der Waals surface area contributed by atoms with Crippen LogP contribution in [0.4, 0.5) is 0 Å². The predicted molar refractivity (Wildman–Crippen MR) is 127 cm³/mol. The lowest BCUT2D eigenvalue weighted by molar-refractivity contribution is 0.0924. The molecule has 11 heteroatoms. The lowest BCUT2D eigenvalue weighted by Gasteiger charge is -2.43. The first-order valence-corrected chi connectivity index (χ1v) is 15.2. The maximum Gasteiger partial charge on any atom is 0.282 e. The summed E-state index contributed by atoms with van der Waals surface area (Å²) >= 11 is 0.